The number of rotatable bonds is 8. The minimum Gasteiger partial charge on any atom is -0.388 e. The first kappa shape index (κ1) is 18.6. The number of benzene rings is 1. The summed E-state index contributed by atoms with van der Waals surface area (Å²) < 4.78 is 18.1. The van der Waals surface area contributed by atoms with Gasteiger partial charge in [0.05, 0.1) is 16.6 Å². The second kappa shape index (κ2) is 7.89. The lowest BCUT2D eigenvalue weighted by Crippen LogP contribution is -2.53. The molecule has 0 aliphatic heterocycles. The van der Waals surface area contributed by atoms with E-state index in [1.54, 1.807) is 38.5 Å². The molecule has 0 radical (unpaired) electrons. The molecule has 1 aromatic carbocycles. The maximum absolute atomic E-state index is 12.2. The van der Waals surface area contributed by atoms with Crippen LogP contribution in [-0.2, 0) is 20.9 Å². The first-order valence-corrected chi connectivity index (χ1v) is 10.7. The number of para-hydroxylation sites is 1. The Morgan fingerprint density at radius 3 is 2.42 bits per heavy atom. The van der Waals surface area contributed by atoms with Crippen LogP contribution in [0, 0.1) is 0 Å². The summed E-state index contributed by atoms with van der Waals surface area (Å²) in [6.45, 7) is 4.18. The molecule has 1 unspecified atom stereocenters. The second-order valence-corrected chi connectivity index (χ2v) is 10.9. The molecular weight excluding hydrogens is 328 g/mol. The summed E-state index contributed by atoms with van der Waals surface area (Å²) in [4.78, 5) is 26.4. The van der Waals surface area contributed by atoms with Gasteiger partial charge in [0.1, 0.15) is 14.8 Å². The summed E-state index contributed by atoms with van der Waals surface area (Å²) in [5, 5.41) is 0.460. The molecule has 24 heavy (non-hydrogen) atoms. The third kappa shape index (κ3) is 3.84. The zero-order chi connectivity index (χ0) is 17.7. The van der Waals surface area contributed by atoms with Crippen LogP contribution >= 0.6 is 0 Å². The smallest absolute Gasteiger partial charge is 0.330 e. The molecule has 2 rings (SSSR count). The van der Waals surface area contributed by atoms with Crippen LogP contribution in [0.15, 0.2) is 33.9 Å². The van der Waals surface area contributed by atoms with Gasteiger partial charge in [-0.15, -0.1) is 0 Å². The number of aromatic nitrogens is 2. The highest BCUT2D eigenvalue weighted by Crippen LogP contribution is 2.15. The molecule has 0 spiro atoms. The molecule has 1 heterocycles. The Hall–Kier alpha value is -1.74. The Labute approximate surface area is 141 Å². The van der Waals surface area contributed by atoms with Crippen LogP contribution in [0.25, 0.3) is 10.9 Å². The van der Waals surface area contributed by atoms with Gasteiger partial charge in [0.25, 0.3) is 5.56 Å². The van der Waals surface area contributed by atoms with E-state index >= 15 is 0 Å². The van der Waals surface area contributed by atoms with Crippen LogP contribution in [0.2, 0.25) is 6.55 Å². The van der Waals surface area contributed by atoms with E-state index in [-0.39, 0.29) is 12.5 Å². The molecule has 0 aliphatic rings. The van der Waals surface area contributed by atoms with E-state index < -0.39 is 19.3 Å². The molecule has 2 aromatic rings. The molecule has 1 N–H and O–H groups in total. The Kier molecular flexibility index (Phi) is 6.11. The lowest BCUT2D eigenvalue weighted by atomic mass is 10.2. The van der Waals surface area contributed by atoms with Crippen LogP contribution in [0.5, 0.6) is 0 Å². The van der Waals surface area contributed by atoms with Crippen molar-refractivity contribution in [2.75, 3.05) is 26.7 Å². The van der Waals surface area contributed by atoms with Crippen LogP contribution < -0.4 is 11.2 Å². The number of nitrogens with zero attached hydrogens (tertiary/aromatic N) is 1. The largest absolute Gasteiger partial charge is 0.388 e. The van der Waals surface area contributed by atoms with E-state index in [2.05, 4.69) is 11.5 Å². The van der Waals surface area contributed by atoms with Gasteiger partial charge >= 0.3 is 5.69 Å². The van der Waals surface area contributed by atoms with Gasteiger partial charge in [0.15, 0.2) is 0 Å². The number of hydrogen-bond donors (Lipinski definition) is 1. The fourth-order valence-electron chi connectivity index (χ4n) is 2.69. The summed E-state index contributed by atoms with van der Waals surface area (Å²) >= 11 is 0. The van der Waals surface area contributed by atoms with E-state index in [9.17, 15) is 9.59 Å². The van der Waals surface area contributed by atoms with E-state index in [1.165, 1.54) is 4.57 Å². The van der Waals surface area contributed by atoms with Crippen LogP contribution in [0.4, 0.5) is 0 Å². The number of methoxy groups -OCH3 is 2. The lowest BCUT2D eigenvalue weighted by Gasteiger charge is -2.32. The number of ether oxygens (including phenoxy) is 3. The highest BCUT2D eigenvalue weighted by atomic mass is 28.3. The summed E-state index contributed by atoms with van der Waals surface area (Å²) in [7, 11) is 1.36. The van der Waals surface area contributed by atoms with Gasteiger partial charge in [0, 0.05) is 26.7 Å². The summed E-state index contributed by atoms with van der Waals surface area (Å²) in [5.74, 6) is 0. The van der Waals surface area contributed by atoms with E-state index in [0.717, 1.165) is 0 Å². The predicted molar refractivity (Wildman–Crippen MR) is 94.7 cm³/mol. The number of aromatic amines is 1. The monoisotopic (exact) mass is 352 g/mol. The molecular formula is C16H24N2O5Si. The third-order valence-electron chi connectivity index (χ3n) is 4.29. The van der Waals surface area contributed by atoms with Gasteiger partial charge < -0.3 is 14.2 Å². The van der Waals surface area contributed by atoms with Crippen molar-refractivity contribution in [1.82, 2.24) is 9.55 Å². The van der Waals surface area contributed by atoms with Gasteiger partial charge in [-0.1, -0.05) is 18.7 Å². The van der Waals surface area contributed by atoms with Gasteiger partial charge in [-0.05, 0) is 19.1 Å². The Bertz CT molecular complexity index is 795. The van der Waals surface area contributed by atoms with E-state index in [0.29, 0.717) is 23.4 Å². The van der Waals surface area contributed by atoms with Gasteiger partial charge in [0.2, 0.25) is 0 Å². The van der Waals surface area contributed by atoms with Crippen molar-refractivity contribution in [1.29, 1.82) is 0 Å². The minimum absolute atomic E-state index is 0.0628. The quantitative estimate of drug-likeness (QED) is 0.718. The molecule has 0 saturated carbocycles. The summed E-state index contributed by atoms with van der Waals surface area (Å²) in [6, 6.07) is 6.97. The second-order valence-electron chi connectivity index (χ2n) is 6.16. The molecule has 1 aromatic heterocycles. The molecule has 0 bridgehead atoms. The fraction of sp³-hybridized carbons (Fsp3) is 0.500. The zero-order valence-corrected chi connectivity index (χ0v) is 15.5. The number of nitrogens with one attached hydrogen (secondary N) is 1. The van der Waals surface area contributed by atoms with Crippen LogP contribution in [-0.4, -0.2) is 50.0 Å². The third-order valence-corrected chi connectivity index (χ3v) is 8.31. The molecule has 0 saturated heterocycles. The van der Waals surface area contributed by atoms with Crippen molar-refractivity contribution in [2.24, 2.45) is 0 Å². The van der Waals surface area contributed by atoms with Gasteiger partial charge in [-0.2, -0.15) is 0 Å². The van der Waals surface area contributed by atoms with Gasteiger partial charge in [-0.25, -0.2) is 4.79 Å². The Morgan fingerprint density at radius 1 is 1.17 bits per heavy atom. The van der Waals surface area contributed by atoms with Crippen molar-refractivity contribution < 1.29 is 14.2 Å². The molecule has 7 nitrogen and oxygen atoms in total. The number of fused-ring (bicyclic) bond motifs is 1. The average Bonchev–Trinajstić information content (AvgIpc) is 2.55. The Morgan fingerprint density at radius 2 is 1.79 bits per heavy atom. The van der Waals surface area contributed by atoms with E-state index in [1.807, 2.05) is 6.92 Å². The van der Waals surface area contributed by atoms with E-state index in [4.69, 9.17) is 14.2 Å². The average molecular weight is 352 g/mol. The first-order valence-electron chi connectivity index (χ1n) is 7.74. The first-order chi connectivity index (χ1) is 11.4. The van der Waals surface area contributed by atoms with Gasteiger partial charge in [-0.3, -0.25) is 14.3 Å². The van der Waals surface area contributed by atoms with Crippen molar-refractivity contribution in [3.05, 3.63) is 45.1 Å². The normalized spacial score (nSPS) is 13.3. The highest BCUT2D eigenvalue weighted by Gasteiger charge is 2.35. The van der Waals surface area contributed by atoms with Crippen molar-refractivity contribution in [3.8, 4) is 0 Å². The molecule has 0 aliphatic carbocycles. The molecule has 0 fully saturated rings. The van der Waals surface area contributed by atoms with Crippen molar-refractivity contribution in [3.63, 3.8) is 0 Å². The fourth-order valence-corrected chi connectivity index (χ4v) is 5.04. The lowest BCUT2D eigenvalue weighted by molar-refractivity contribution is 0.0488. The summed E-state index contributed by atoms with van der Waals surface area (Å²) in [6.07, 6.45) is 1.20. The maximum atomic E-state index is 12.2. The van der Waals surface area contributed by atoms with Crippen LogP contribution in [0.1, 0.15) is 6.92 Å². The SMILES string of the molecule is COC[Si](C)(COC)C(C)OCn1c(=O)[nH]c(=O)c2ccccc21. The highest BCUT2D eigenvalue weighted by molar-refractivity contribution is 6.79. The molecule has 8 heteroatoms. The maximum Gasteiger partial charge on any atom is 0.330 e. The Balaban J connectivity index is 2.27. The van der Waals surface area contributed by atoms with Crippen LogP contribution in [0.3, 0.4) is 0 Å². The number of hydrogen-bond acceptors (Lipinski definition) is 5. The number of H-pyrrole nitrogens is 1. The standard InChI is InChI=1S/C16H24N2O5Si/c1-12(24(4,10-21-2)11-22-3)23-9-18-14-8-6-5-7-13(14)15(19)17-16(18)20/h5-8,12H,9-11H2,1-4H3,(H,17,19,20). The van der Waals surface area contributed by atoms with Crippen molar-refractivity contribution >= 4 is 19.0 Å². The zero-order valence-electron chi connectivity index (χ0n) is 14.5. The topological polar surface area (TPSA) is 82.6 Å². The van der Waals surface area contributed by atoms with Crippen molar-refractivity contribution in [2.45, 2.75) is 25.9 Å². The molecule has 1 atom stereocenters. The molecule has 0 amide bonds. The molecule has 132 valence electrons. The predicted octanol–water partition coefficient (Wildman–Crippen LogP) is 1.04. The minimum atomic E-state index is -1.96. The summed E-state index contributed by atoms with van der Waals surface area (Å²) in [5.41, 5.74) is -0.402.